The van der Waals surface area contributed by atoms with Crippen molar-refractivity contribution in [3.8, 4) is 11.5 Å². The predicted octanol–water partition coefficient (Wildman–Crippen LogP) is 5.41. The standard InChI is InChI=1S/C30H42N2O2/c1-5-29(6-2-27(1)23-31-15-9-25(10-16-31)11-17-31)33-21-22-34-30-7-3-28(4-8-30)24-32-18-12-26(13-19-32)14-20-32/h1-8,25-26H,9-24H2/q+2. The largest absolute Gasteiger partial charge is 0.490 e. The Balaban J connectivity index is 0.934. The maximum absolute atomic E-state index is 5.96. The van der Waals surface area contributed by atoms with Crippen LogP contribution in [0.3, 0.4) is 0 Å². The molecule has 2 aromatic rings. The molecule has 0 saturated carbocycles. The molecule has 8 rings (SSSR count). The molecule has 6 heterocycles. The van der Waals surface area contributed by atoms with Crippen LogP contribution in [0.2, 0.25) is 0 Å². The van der Waals surface area contributed by atoms with Crippen molar-refractivity contribution in [1.82, 2.24) is 0 Å². The lowest BCUT2D eigenvalue weighted by molar-refractivity contribution is -0.955. The second kappa shape index (κ2) is 9.54. The molecule has 6 aliphatic heterocycles. The van der Waals surface area contributed by atoms with Gasteiger partial charge in [-0.1, -0.05) is 0 Å². The first kappa shape index (κ1) is 22.4. The van der Waals surface area contributed by atoms with E-state index in [1.807, 2.05) is 0 Å². The van der Waals surface area contributed by atoms with Gasteiger partial charge in [0.2, 0.25) is 0 Å². The first-order valence-corrected chi connectivity index (χ1v) is 13.8. The molecule has 34 heavy (non-hydrogen) atoms. The van der Waals surface area contributed by atoms with Crippen LogP contribution in [0, 0.1) is 11.8 Å². The summed E-state index contributed by atoms with van der Waals surface area (Å²) in [6, 6.07) is 17.6. The number of fused-ring (bicyclic) bond motifs is 6. The van der Waals surface area contributed by atoms with Crippen molar-refractivity contribution < 1.29 is 18.4 Å². The molecule has 4 bridgehead atoms. The van der Waals surface area contributed by atoms with Gasteiger partial charge in [0, 0.05) is 11.1 Å². The van der Waals surface area contributed by atoms with E-state index in [4.69, 9.17) is 9.47 Å². The zero-order chi connectivity index (χ0) is 22.8. The van der Waals surface area contributed by atoms with Gasteiger partial charge < -0.3 is 18.4 Å². The van der Waals surface area contributed by atoms with Crippen LogP contribution >= 0.6 is 0 Å². The molecule has 0 amide bonds. The van der Waals surface area contributed by atoms with Gasteiger partial charge in [0.1, 0.15) is 37.8 Å². The topological polar surface area (TPSA) is 18.5 Å². The molecule has 0 aliphatic carbocycles. The molecule has 0 spiro atoms. The lowest BCUT2D eigenvalue weighted by atomic mass is 9.85. The Hall–Kier alpha value is -2.04. The van der Waals surface area contributed by atoms with E-state index in [9.17, 15) is 0 Å². The summed E-state index contributed by atoms with van der Waals surface area (Å²) in [6.07, 6.45) is 8.61. The molecule has 0 aromatic heterocycles. The SMILES string of the molecule is c1cc(OCCOc2ccc(C[N+]34CCC(CC3)CC4)cc2)ccc1C[N+]12CCC(CC1)CC2. The molecule has 0 unspecified atom stereocenters. The van der Waals surface area contributed by atoms with E-state index in [-0.39, 0.29) is 0 Å². The average molecular weight is 463 g/mol. The summed E-state index contributed by atoms with van der Waals surface area (Å²) in [6.45, 7) is 11.8. The first-order chi connectivity index (χ1) is 16.7. The van der Waals surface area contributed by atoms with Gasteiger partial charge in [-0.15, -0.1) is 0 Å². The quantitative estimate of drug-likeness (QED) is 0.367. The minimum absolute atomic E-state index is 0.573. The van der Waals surface area contributed by atoms with Crippen LogP contribution in [0.5, 0.6) is 11.5 Å². The highest BCUT2D eigenvalue weighted by molar-refractivity contribution is 5.28. The summed E-state index contributed by atoms with van der Waals surface area (Å²) < 4.78 is 14.5. The Morgan fingerprint density at radius 1 is 0.500 bits per heavy atom. The Morgan fingerprint density at radius 3 is 1.15 bits per heavy atom. The van der Waals surface area contributed by atoms with Gasteiger partial charge in [0.05, 0.1) is 39.3 Å². The maximum atomic E-state index is 5.96. The maximum Gasteiger partial charge on any atom is 0.122 e. The van der Waals surface area contributed by atoms with E-state index in [1.165, 1.54) is 111 Å². The van der Waals surface area contributed by atoms with Crippen molar-refractivity contribution >= 4 is 0 Å². The molecule has 0 radical (unpaired) electrons. The Bertz CT molecular complexity index is 832. The highest BCUT2D eigenvalue weighted by atomic mass is 16.5. The number of rotatable bonds is 9. The molecule has 0 atom stereocenters. The average Bonchev–Trinajstić information content (AvgIpc) is 2.90. The number of quaternary nitrogens is 2. The fourth-order valence-electron chi connectivity index (χ4n) is 7.23. The van der Waals surface area contributed by atoms with Crippen molar-refractivity contribution in [1.29, 1.82) is 0 Å². The minimum atomic E-state index is 0.573. The number of nitrogens with zero attached hydrogens (tertiary/aromatic N) is 2. The number of hydrogen-bond donors (Lipinski definition) is 0. The van der Waals surface area contributed by atoms with Gasteiger partial charge in [-0.2, -0.15) is 0 Å². The molecule has 182 valence electrons. The van der Waals surface area contributed by atoms with Crippen molar-refractivity contribution in [3.05, 3.63) is 59.7 Å². The number of benzene rings is 2. The van der Waals surface area contributed by atoms with Crippen molar-refractivity contribution in [2.75, 3.05) is 52.5 Å². The van der Waals surface area contributed by atoms with Crippen LogP contribution in [-0.2, 0) is 13.1 Å². The summed E-state index contributed by atoms with van der Waals surface area (Å²) in [5.74, 6) is 3.93. The summed E-state index contributed by atoms with van der Waals surface area (Å²) in [5, 5.41) is 0. The minimum Gasteiger partial charge on any atom is -0.490 e. The van der Waals surface area contributed by atoms with Gasteiger partial charge in [-0.3, -0.25) is 0 Å². The molecule has 2 aromatic carbocycles. The highest BCUT2D eigenvalue weighted by Gasteiger charge is 2.40. The Labute approximate surface area is 205 Å². The number of hydrogen-bond acceptors (Lipinski definition) is 2. The normalized spacial score (nSPS) is 32.0. The third kappa shape index (κ3) is 4.99. The first-order valence-electron chi connectivity index (χ1n) is 13.8. The second-order valence-electron chi connectivity index (χ2n) is 11.8. The smallest absolute Gasteiger partial charge is 0.122 e. The Kier molecular flexibility index (Phi) is 6.30. The van der Waals surface area contributed by atoms with E-state index in [0.29, 0.717) is 13.2 Å². The molecule has 4 heteroatoms. The van der Waals surface area contributed by atoms with E-state index >= 15 is 0 Å². The molecule has 6 fully saturated rings. The van der Waals surface area contributed by atoms with E-state index in [2.05, 4.69) is 48.5 Å². The monoisotopic (exact) mass is 462 g/mol. The molecule has 6 aliphatic rings. The van der Waals surface area contributed by atoms with Crippen molar-refractivity contribution in [3.63, 3.8) is 0 Å². The van der Waals surface area contributed by atoms with Gasteiger partial charge in [-0.25, -0.2) is 0 Å². The van der Waals surface area contributed by atoms with Gasteiger partial charge in [-0.05, 0) is 98.9 Å². The third-order valence-electron chi connectivity index (χ3n) is 9.57. The molecular formula is C30H42N2O2+2. The van der Waals surface area contributed by atoms with Crippen LogP contribution in [0.15, 0.2) is 48.5 Å². The van der Waals surface area contributed by atoms with Crippen LogP contribution in [0.25, 0.3) is 0 Å². The van der Waals surface area contributed by atoms with E-state index < -0.39 is 0 Å². The lowest BCUT2D eigenvalue weighted by Gasteiger charge is -2.49. The zero-order valence-corrected chi connectivity index (χ0v) is 20.8. The van der Waals surface area contributed by atoms with Crippen molar-refractivity contribution in [2.24, 2.45) is 11.8 Å². The number of piperidine rings is 6. The van der Waals surface area contributed by atoms with Crippen LogP contribution in [0.4, 0.5) is 0 Å². The van der Waals surface area contributed by atoms with E-state index in [0.717, 1.165) is 23.3 Å². The fraction of sp³-hybridized carbons (Fsp3) is 0.600. The Morgan fingerprint density at radius 2 is 0.824 bits per heavy atom. The van der Waals surface area contributed by atoms with Crippen LogP contribution in [0.1, 0.15) is 49.7 Å². The van der Waals surface area contributed by atoms with Gasteiger partial charge >= 0.3 is 0 Å². The van der Waals surface area contributed by atoms with Gasteiger partial charge in [0.25, 0.3) is 0 Å². The third-order valence-corrected chi connectivity index (χ3v) is 9.57. The fourth-order valence-corrected chi connectivity index (χ4v) is 7.23. The molecule has 6 saturated heterocycles. The van der Waals surface area contributed by atoms with Crippen molar-refractivity contribution in [2.45, 2.75) is 51.6 Å². The second-order valence-corrected chi connectivity index (χ2v) is 11.8. The van der Waals surface area contributed by atoms with Gasteiger partial charge in [0.15, 0.2) is 0 Å². The highest BCUT2D eigenvalue weighted by Crippen LogP contribution is 2.36. The summed E-state index contributed by atoms with van der Waals surface area (Å²) in [7, 11) is 0. The van der Waals surface area contributed by atoms with Crippen LogP contribution in [-0.4, -0.2) is 61.4 Å². The molecule has 4 nitrogen and oxygen atoms in total. The summed E-state index contributed by atoms with van der Waals surface area (Å²) in [5.41, 5.74) is 2.90. The lowest BCUT2D eigenvalue weighted by Crippen LogP contribution is -2.57. The summed E-state index contributed by atoms with van der Waals surface area (Å²) >= 11 is 0. The predicted molar refractivity (Wildman–Crippen MR) is 136 cm³/mol. The summed E-state index contributed by atoms with van der Waals surface area (Å²) in [4.78, 5) is 0. The van der Waals surface area contributed by atoms with E-state index in [1.54, 1.807) is 0 Å². The zero-order valence-electron chi connectivity index (χ0n) is 20.8. The number of ether oxygens (including phenoxy) is 2. The molecule has 0 N–H and O–H groups in total. The molecular weight excluding hydrogens is 420 g/mol. The van der Waals surface area contributed by atoms with Crippen LogP contribution < -0.4 is 9.47 Å².